The molecule has 0 amide bonds. The van der Waals surface area contributed by atoms with Gasteiger partial charge in [-0.3, -0.25) is 0 Å². The first kappa shape index (κ1) is 14.0. The molecule has 0 aliphatic heterocycles. The summed E-state index contributed by atoms with van der Waals surface area (Å²) in [4.78, 5) is 0. The van der Waals surface area contributed by atoms with Gasteiger partial charge in [0.2, 0.25) is 0 Å². The molecule has 0 heterocycles. The Morgan fingerprint density at radius 2 is 2.17 bits per heavy atom. The Labute approximate surface area is 117 Å². The molecule has 0 spiro atoms. The van der Waals surface area contributed by atoms with Crippen molar-refractivity contribution in [3.8, 4) is 0 Å². The molecule has 3 heteroatoms. The molecule has 1 nitrogen and oxygen atoms in total. The van der Waals surface area contributed by atoms with Crippen molar-refractivity contribution >= 4 is 15.9 Å². The fourth-order valence-corrected chi connectivity index (χ4v) is 3.36. The molecule has 0 aromatic heterocycles. The second-order valence-electron chi connectivity index (χ2n) is 5.48. The van der Waals surface area contributed by atoms with Crippen molar-refractivity contribution in [1.29, 1.82) is 0 Å². The van der Waals surface area contributed by atoms with Crippen LogP contribution >= 0.6 is 15.9 Å². The van der Waals surface area contributed by atoms with E-state index in [0.29, 0.717) is 5.41 Å². The first-order valence-corrected chi connectivity index (χ1v) is 7.54. The van der Waals surface area contributed by atoms with Crippen molar-refractivity contribution in [2.24, 2.45) is 5.41 Å². The predicted octanol–water partition coefficient (Wildman–Crippen LogP) is 4.82. The normalized spacial score (nSPS) is 19.3. The topological polar surface area (TPSA) is 12.0 Å². The standard InChI is InChI=1S/C15H21BrFN/c1-3-15(7-4-8-15)10-18-11(2)13-6-5-12(17)9-14(13)16/h5-6,9,11,18H,3-4,7-8,10H2,1-2H3. The maximum atomic E-state index is 13.1. The van der Waals surface area contributed by atoms with Gasteiger partial charge in [0.15, 0.2) is 0 Å². The zero-order chi connectivity index (χ0) is 13.2. The first-order valence-electron chi connectivity index (χ1n) is 6.75. The molecule has 0 saturated heterocycles. The Morgan fingerprint density at radius 3 is 2.67 bits per heavy atom. The van der Waals surface area contributed by atoms with Gasteiger partial charge in [-0.1, -0.05) is 35.3 Å². The molecule has 1 aromatic carbocycles. The van der Waals surface area contributed by atoms with E-state index in [2.05, 4.69) is 35.1 Å². The number of nitrogens with one attached hydrogen (secondary N) is 1. The molecule has 1 atom stereocenters. The summed E-state index contributed by atoms with van der Waals surface area (Å²) in [7, 11) is 0. The van der Waals surface area contributed by atoms with Crippen LogP contribution in [0.15, 0.2) is 22.7 Å². The summed E-state index contributed by atoms with van der Waals surface area (Å²) in [6.45, 7) is 5.48. The lowest BCUT2D eigenvalue weighted by molar-refractivity contribution is 0.120. The van der Waals surface area contributed by atoms with Gasteiger partial charge >= 0.3 is 0 Å². The fourth-order valence-electron chi connectivity index (χ4n) is 2.66. The van der Waals surface area contributed by atoms with Gasteiger partial charge in [-0.15, -0.1) is 0 Å². The molecular formula is C15H21BrFN. The van der Waals surface area contributed by atoms with Crippen molar-refractivity contribution in [3.63, 3.8) is 0 Å². The second-order valence-corrected chi connectivity index (χ2v) is 6.33. The minimum absolute atomic E-state index is 0.193. The van der Waals surface area contributed by atoms with Crippen molar-refractivity contribution in [2.45, 2.75) is 45.6 Å². The molecule has 1 aliphatic carbocycles. The third kappa shape index (κ3) is 2.94. The average molecular weight is 314 g/mol. The van der Waals surface area contributed by atoms with Crippen molar-refractivity contribution in [1.82, 2.24) is 5.32 Å². The van der Waals surface area contributed by atoms with E-state index in [9.17, 15) is 4.39 Å². The highest BCUT2D eigenvalue weighted by atomic mass is 79.9. The Balaban J connectivity index is 1.97. The maximum absolute atomic E-state index is 13.1. The number of benzene rings is 1. The summed E-state index contributed by atoms with van der Waals surface area (Å²) < 4.78 is 13.9. The summed E-state index contributed by atoms with van der Waals surface area (Å²) in [5, 5.41) is 3.60. The molecule has 1 unspecified atom stereocenters. The van der Waals surface area contributed by atoms with Crippen LogP contribution in [0.3, 0.4) is 0 Å². The molecule has 0 radical (unpaired) electrons. The smallest absolute Gasteiger partial charge is 0.124 e. The summed E-state index contributed by atoms with van der Waals surface area (Å²) >= 11 is 3.44. The molecule has 1 aliphatic rings. The number of hydrogen-bond donors (Lipinski definition) is 1. The summed E-state index contributed by atoms with van der Waals surface area (Å²) in [6, 6.07) is 5.17. The monoisotopic (exact) mass is 313 g/mol. The number of rotatable bonds is 5. The molecule has 18 heavy (non-hydrogen) atoms. The SMILES string of the molecule is CCC1(CNC(C)c2ccc(F)cc2Br)CCC1. The molecular weight excluding hydrogens is 293 g/mol. The van der Waals surface area contributed by atoms with Crippen LogP contribution in [-0.2, 0) is 0 Å². The molecule has 100 valence electrons. The van der Waals surface area contributed by atoms with E-state index in [4.69, 9.17) is 0 Å². The minimum Gasteiger partial charge on any atom is -0.310 e. The molecule has 1 saturated carbocycles. The second kappa shape index (κ2) is 5.70. The van der Waals surface area contributed by atoms with Gasteiger partial charge < -0.3 is 5.32 Å². The van der Waals surface area contributed by atoms with Crippen LogP contribution in [0.1, 0.15) is 51.1 Å². The van der Waals surface area contributed by atoms with Gasteiger partial charge in [0.25, 0.3) is 0 Å². The van der Waals surface area contributed by atoms with E-state index in [1.165, 1.54) is 37.8 Å². The van der Waals surface area contributed by atoms with Gasteiger partial charge in [0, 0.05) is 17.1 Å². The van der Waals surface area contributed by atoms with Crippen LogP contribution in [0, 0.1) is 11.2 Å². The largest absolute Gasteiger partial charge is 0.310 e. The summed E-state index contributed by atoms with van der Waals surface area (Å²) in [5.41, 5.74) is 1.64. The minimum atomic E-state index is -0.193. The van der Waals surface area contributed by atoms with Gasteiger partial charge in [-0.25, -0.2) is 4.39 Å². The van der Waals surface area contributed by atoms with E-state index < -0.39 is 0 Å². The highest BCUT2D eigenvalue weighted by Gasteiger charge is 2.34. The first-order chi connectivity index (χ1) is 8.56. The van der Waals surface area contributed by atoms with Gasteiger partial charge in [-0.2, -0.15) is 0 Å². The highest BCUT2D eigenvalue weighted by molar-refractivity contribution is 9.10. The molecule has 1 aromatic rings. The number of halogens is 2. The molecule has 1 N–H and O–H groups in total. The Morgan fingerprint density at radius 1 is 1.44 bits per heavy atom. The fraction of sp³-hybridized carbons (Fsp3) is 0.600. The molecule has 1 fully saturated rings. The van der Waals surface area contributed by atoms with Gasteiger partial charge in [0.05, 0.1) is 0 Å². The lowest BCUT2D eigenvalue weighted by Crippen LogP contribution is -2.40. The Bertz CT molecular complexity index is 409. The van der Waals surface area contributed by atoms with Crippen LogP contribution in [0.4, 0.5) is 4.39 Å². The van der Waals surface area contributed by atoms with E-state index in [1.54, 1.807) is 0 Å². The van der Waals surface area contributed by atoms with Crippen molar-refractivity contribution in [3.05, 3.63) is 34.1 Å². The summed E-state index contributed by atoms with van der Waals surface area (Å²) in [6.07, 6.45) is 5.29. The van der Waals surface area contributed by atoms with E-state index in [0.717, 1.165) is 16.6 Å². The van der Waals surface area contributed by atoms with Gasteiger partial charge in [-0.05, 0) is 49.3 Å². The van der Waals surface area contributed by atoms with Crippen LogP contribution in [0.25, 0.3) is 0 Å². The van der Waals surface area contributed by atoms with Crippen molar-refractivity contribution in [2.75, 3.05) is 6.54 Å². The third-order valence-electron chi connectivity index (χ3n) is 4.38. The van der Waals surface area contributed by atoms with Crippen LogP contribution < -0.4 is 5.32 Å². The zero-order valence-corrected chi connectivity index (χ0v) is 12.7. The molecule has 2 rings (SSSR count). The quantitative estimate of drug-likeness (QED) is 0.821. The average Bonchev–Trinajstić information content (AvgIpc) is 2.27. The van der Waals surface area contributed by atoms with Crippen molar-refractivity contribution < 1.29 is 4.39 Å². The lowest BCUT2D eigenvalue weighted by atomic mass is 9.67. The van der Waals surface area contributed by atoms with E-state index >= 15 is 0 Å². The zero-order valence-electron chi connectivity index (χ0n) is 11.1. The predicted molar refractivity (Wildman–Crippen MR) is 77.1 cm³/mol. The van der Waals surface area contributed by atoms with Crippen LogP contribution in [0.5, 0.6) is 0 Å². The van der Waals surface area contributed by atoms with E-state index in [1.807, 2.05) is 6.07 Å². The van der Waals surface area contributed by atoms with Crippen LogP contribution in [-0.4, -0.2) is 6.54 Å². The molecule has 0 bridgehead atoms. The number of hydrogen-bond acceptors (Lipinski definition) is 1. The highest BCUT2D eigenvalue weighted by Crippen LogP contribution is 2.43. The maximum Gasteiger partial charge on any atom is 0.124 e. The Kier molecular flexibility index (Phi) is 4.44. The Hall–Kier alpha value is -0.410. The van der Waals surface area contributed by atoms with Gasteiger partial charge in [0.1, 0.15) is 5.82 Å². The van der Waals surface area contributed by atoms with Crippen LogP contribution in [0.2, 0.25) is 0 Å². The summed E-state index contributed by atoms with van der Waals surface area (Å²) in [5.74, 6) is -0.193. The third-order valence-corrected chi connectivity index (χ3v) is 5.06. The lowest BCUT2D eigenvalue weighted by Gasteiger charge is -2.42. The van der Waals surface area contributed by atoms with E-state index in [-0.39, 0.29) is 11.9 Å².